The molecular formula is C16H20N2O2. The maximum absolute atomic E-state index is 12.5. The van der Waals surface area contributed by atoms with Crippen LogP contribution in [0.4, 0.5) is 4.79 Å². The van der Waals surface area contributed by atoms with Crippen molar-refractivity contribution >= 4 is 11.8 Å². The number of fused-ring (bicyclic) bond motifs is 1. The lowest BCUT2D eigenvalue weighted by Gasteiger charge is -2.46. The smallest absolute Gasteiger partial charge is 0.315 e. The zero-order valence-corrected chi connectivity index (χ0v) is 11.8. The van der Waals surface area contributed by atoms with E-state index in [0.717, 1.165) is 12.0 Å². The van der Waals surface area contributed by atoms with E-state index < -0.39 is 0 Å². The Hall–Kier alpha value is -1.84. The quantitative estimate of drug-likeness (QED) is 0.825. The van der Waals surface area contributed by atoms with E-state index in [4.69, 9.17) is 0 Å². The van der Waals surface area contributed by atoms with Crippen molar-refractivity contribution in [1.82, 2.24) is 10.6 Å². The lowest BCUT2D eigenvalue weighted by molar-refractivity contribution is -0.130. The van der Waals surface area contributed by atoms with E-state index in [2.05, 4.69) is 24.5 Å². The second kappa shape index (κ2) is 4.62. The van der Waals surface area contributed by atoms with Gasteiger partial charge in [-0.25, -0.2) is 4.79 Å². The Kier molecular flexibility index (Phi) is 3.04. The first-order chi connectivity index (χ1) is 9.46. The normalized spacial score (nSPS) is 32.0. The van der Waals surface area contributed by atoms with Gasteiger partial charge in [-0.15, -0.1) is 0 Å². The molecule has 2 N–H and O–H groups in total. The van der Waals surface area contributed by atoms with Gasteiger partial charge in [0.25, 0.3) is 0 Å². The van der Waals surface area contributed by atoms with Crippen molar-refractivity contribution in [3.8, 4) is 0 Å². The Morgan fingerprint density at radius 3 is 2.50 bits per heavy atom. The predicted octanol–water partition coefficient (Wildman–Crippen LogP) is 2.41. The number of hydrogen-bond acceptors (Lipinski definition) is 2. The second-order valence-corrected chi connectivity index (χ2v) is 6.65. The average molecular weight is 272 g/mol. The minimum Gasteiger partial charge on any atom is -0.335 e. The number of hydrogen-bond donors (Lipinski definition) is 2. The van der Waals surface area contributed by atoms with Crippen LogP contribution in [-0.4, -0.2) is 17.9 Å². The topological polar surface area (TPSA) is 58.2 Å². The monoisotopic (exact) mass is 272 g/mol. The Morgan fingerprint density at radius 1 is 1.10 bits per heavy atom. The Morgan fingerprint density at radius 2 is 1.80 bits per heavy atom. The summed E-state index contributed by atoms with van der Waals surface area (Å²) in [5.41, 5.74) is 0.967. The van der Waals surface area contributed by atoms with Crippen LogP contribution in [0.25, 0.3) is 0 Å². The van der Waals surface area contributed by atoms with Gasteiger partial charge in [0.2, 0.25) is 0 Å². The molecule has 1 heterocycles. The molecule has 1 aliphatic heterocycles. The van der Waals surface area contributed by atoms with Crippen LogP contribution < -0.4 is 10.6 Å². The number of rotatable bonds is 1. The molecule has 0 unspecified atom stereocenters. The van der Waals surface area contributed by atoms with Crippen molar-refractivity contribution in [1.29, 1.82) is 0 Å². The molecule has 2 fully saturated rings. The Labute approximate surface area is 118 Å². The standard InChI is InChI=1S/C16H20N2O2/c1-16(2)8-11-13(12(19)9-16)14(18-15(20)17-11)10-6-4-3-5-7-10/h3-7,11,13-14H,8-9H2,1-2H3,(H2,17,18,20)/t11-,13+,14-/m1/s1. The third-order valence-corrected chi connectivity index (χ3v) is 4.35. The van der Waals surface area contributed by atoms with Crippen LogP contribution in [0.3, 0.4) is 0 Å². The van der Waals surface area contributed by atoms with Gasteiger partial charge in [0.15, 0.2) is 0 Å². The molecule has 0 bridgehead atoms. The zero-order chi connectivity index (χ0) is 14.3. The van der Waals surface area contributed by atoms with Crippen LogP contribution >= 0.6 is 0 Å². The molecule has 3 atom stereocenters. The molecule has 4 heteroatoms. The lowest BCUT2D eigenvalue weighted by atomic mass is 9.66. The van der Waals surface area contributed by atoms with Crippen molar-refractivity contribution in [2.24, 2.45) is 11.3 Å². The van der Waals surface area contributed by atoms with Gasteiger partial charge in [0.1, 0.15) is 5.78 Å². The number of carbonyl (C=O) groups excluding carboxylic acids is 2. The summed E-state index contributed by atoms with van der Waals surface area (Å²) < 4.78 is 0. The van der Waals surface area contributed by atoms with Crippen molar-refractivity contribution < 1.29 is 9.59 Å². The molecular weight excluding hydrogens is 252 g/mol. The highest BCUT2D eigenvalue weighted by Gasteiger charge is 2.48. The third-order valence-electron chi connectivity index (χ3n) is 4.35. The SMILES string of the molecule is CC1(C)CC(=O)[C@H]2[C@@H](c3ccccc3)NC(=O)N[C@@H]2C1. The van der Waals surface area contributed by atoms with Gasteiger partial charge in [-0.1, -0.05) is 44.2 Å². The minimum absolute atomic E-state index is 0.0376. The summed E-state index contributed by atoms with van der Waals surface area (Å²) in [6.45, 7) is 4.18. The number of nitrogens with one attached hydrogen (secondary N) is 2. The predicted molar refractivity (Wildman–Crippen MR) is 76.2 cm³/mol. The molecule has 3 rings (SSSR count). The number of Topliss-reactive ketones (excluding diaryl/α,β-unsaturated/α-hetero) is 1. The van der Waals surface area contributed by atoms with E-state index in [1.54, 1.807) is 0 Å². The highest BCUT2D eigenvalue weighted by atomic mass is 16.2. The molecule has 1 aromatic rings. The fourth-order valence-electron chi connectivity index (χ4n) is 3.56. The molecule has 1 saturated carbocycles. The number of ketones is 1. The third kappa shape index (κ3) is 2.30. The Balaban J connectivity index is 1.95. The minimum atomic E-state index is -0.210. The average Bonchev–Trinajstić information content (AvgIpc) is 2.36. The first-order valence-corrected chi connectivity index (χ1v) is 7.11. The molecule has 0 radical (unpaired) electrons. The largest absolute Gasteiger partial charge is 0.335 e. The maximum atomic E-state index is 12.5. The molecule has 106 valence electrons. The molecule has 20 heavy (non-hydrogen) atoms. The van der Waals surface area contributed by atoms with E-state index in [-0.39, 0.29) is 35.2 Å². The van der Waals surface area contributed by atoms with E-state index >= 15 is 0 Å². The van der Waals surface area contributed by atoms with Gasteiger partial charge in [-0.05, 0) is 17.4 Å². The number of benzene rings is 1. The molecule has 2 amide bonds. The van der Waals surface area contributed by atoms with E-state index in [0.29, 0.717) is 6.42 Å². The maximum Gasteiger partial charge on any atom is 0.315 e. The van der Waals surface area contributed by atoms with Crippen molar-refractivity contribution in [2.45, 2.75) is 38.8 Å². The summed E-state index contributed by atoms with van der Waals surface area (Å²) >= 11 is 0. The van der Waals surface area contributed by atoms with Crippen LogP contribution in [0.5, 0.6) is 0 Å². The molecule has 1 aromatic carbocycles. The Bertz CT molecular complexity index is 539. The van der Waals surface area contributed by atoms with Crippen LogP contribution in [0.2, 0.25) is 0 Å². The second-order valence-electron chi connectivity index (χ2n) is 6.65. The molecule has 2 aliphatic rings. The first-order valence-electron chi connectivity index (χ1n) is 7.11. The van der Waals surface area contributed by atoms with E-state index in [9.17, 15) is 9.59 Å². The van der Waals surface area contributed by atoms with Gasteiger partial charge in [-0.3, -0.25) is 4.79 Å². The van der Waals surface area contributed by atoms with Crippen LogP contribution in [0.15, 0.2) is 30.3 Å². The number of amides is 2. The van der Waals surface area contributed by atoms with Gasteiger partial charge >= 0.3 is 6.03 Å². The number of carbonyl (C=O) groups is 2. The van der Waals surface area contributed by atoms with Gasteiger partial charge in [-0.2, -0.15) is 0 Å². The molecule has 0 spiro atoms. The van der Waals surface area contributed by atoms with E-state index in [1.165, 1.54) is 0 Å². The highest BCUT2D eigenvalue weighted by molar-refractivity contribution is 5.88. The van der Waals surface area contributed by atoms with Crippen molar-refractivity contribution in [3.05, 3.63) is 35.9 Å². The summed E-state index contributed by atoms with van der Waals surface area (Å²) in [5, 5.41) is 5.85. The van der Waals surface area contributed by atoms with E-state index in [1.807, 2.05) is 30.3 Å². The van der Waals surface area contributed by atoms with Gasteiger partial charge < -0.3 is 10.6 Å². The zero-order valence-electron chi connectivity index (χ0n) is 11.8. The van der Waals surface area contributed by atoms with Crippen LogP contribution in [0, 0.1) is 11.3 Å². The van der Waals surface area contributed by atoms with Gasteiger partial charge in [0, 0.05) is 12.5 Å². The summed E-state index contributed by atoms with van der Waals surface area (Å²) in [4.78, 5) is 24.4. The lowest BCUT2D eigenvalue weighted by Crippen LogP contribution is -2.61. The highest BCUT2D eigenvalue weighted by Crippen LogP contribution is 2.42. The van der Waals surface area contributed by atoms with Gasteiger partial charge in [0.05, 0.1) is 12.0 Å². The molecule has 1 saturated heterocycles. The van der Waals surface area contributed by atoms with Crippen molar-refractivity contribution in [3.63, 3.8) is 0 Å². The number of urea groups is 1. The summed E-state index contributed by atoms with van der Waals surface area (Å²) in [5.74, 6) is 0.0794. The summed E-state index contributed by atoms with van der Waals surface area (Å²) in [7, 11) is 0. The summed E-state index contributed by atoms with van der Waals surface area (Å²) in [6.07, 6.45) is 1.43. The molecule has 1 aliphatic carbocycles. The summed E-state index contributed by atoms with van der Waals surface area (Å²) in [6, 6.07) is 9.32. The first kappa shape index (κ1) is 13.2. The molecule has 0 aromatic heterocycles. The van der Waals surface area contributed by atoms with Crippen molar-refractivity contribution in [2.75, 3.05) is 0 Å². The van der Waals surface area contributed by atoms with Crippen LogP contribution in [-0.2, 0) is 4.79 Å². The molecule has 4 nitrogen and oxygen atoms in total. The fourth-order valence-corrected chi connectivity index (χ4v) is 3.56. The fraction of sp³-hybridized carbons (Fsp3) is 0.500. The van der Waals surface area contributed by atoms with Crippen LogP contribution in [0.1, 0.15) is 38.3 Å².